The minimum atomic E-state index is -0.420. The molecule has 0 aliphatic heterocycles. The van der Waals surface area contributed by atoms with Gasteiger partial charge in [-0.2, -0.15) is 0 Å². The Labute approximate surface area is 181 Å². The number of benzene rings is 2. The van der Waals surface area contributed by atoms with Crippen LogP contribution in [0.25, 0.3) is 6.08 Å². The first-order valence-electron chi connectivity index (χ1n) is 9.62. The van der Waals surface area contributed by atoms with Gasteiger partial charge >= 0.3 is 0 Å². The van der Waals surface area contributed by atoms with E-state index in [0.717, 1.165) is 5.56 Å². The molecule has 2 aromatic carbocycles. The summed E-state index contributed by atoms with van der Waals surface area (Å²) < 4.78 is 31.1. The number of methoxy groups -OCH3 is 3. The van der Waals surface area contributed by atoms with Crippen LogP contribution in [-0.2, 0) is 20.6 Å². The third-order valence-electron chi connectivity index (χ3n) is 4.24. The van der Waals surface area contributed by atoms with E-state index in [2.05, 4.69) is 0 Å². The highest BCUT2D eigenvalue weighted by Crippen LogP contribution is 2.39. The molecule has 0 spiro atoms. The maximum absolute atomic E-state index is 13.0. The van der Waals surface area contributed by atoms with E-state index in [4.69, 9.17) is 28.4 Å². The number of aromatic hydroxyl groups is 1. The van der Waals surface area contributed by atoms with Gasteiger partial charge in [0.15, 0.2) is 26.2 Å². The summed E-state index contributed by atoms with van der Waals surface area (Å²) in [5.74, 6) is 0.565. The Kier molecular flexibility index (Phi) is 9.83. The van der Waals surface area contributed by atoms with Crippen molar-refractivity contribution in [1.29, 1.82) is 0 Å². The SMILES string of the molecule is CCc1c(OCOC)cc(OCOC)c(C(=O)/C=C/c2ccc(OCOC)cc2)c1O. The van der Waals surface area contributed by atoms with E-state index in [1.807, 2.05) is 6.92 Å². The monoisotopic (exact) mass is 432 g/mol. The van der Waals surface area contributed by atoms with E-state index in [1.165, 1.54) is 20.3 Å². The molecular formula is C23H28O8. The maximum atomic E-state index is 13.0. The number of phenolic OH excluding ortho intramolecular Hbond substituents is 1. The van der Waals surface area contributed by atoms with Gasteiger partial charge in [0.2, 0.25) is 0 Å². The van der Waals surface area contributed by atoms with Crippen LogP contribution in [0.4, 0.5) is 0 Å². The van der Waals surface area contributed by atoms with Gasteiger partial charge in [-0.15, -0.1) is 0 Å². The number of carbonyl (C=O) groups is 1. The van der Waals surface area contributed by atoms with E-state index in [1.54, 1.807) is 43.5 Å². The van der Waals surface area contributed by atoms with Crippen molar-refractivity contribution in [3.8, 4) is 23.0 Å². The lowest BCUT2D eigenvalue weighted by molar-refractivity contribution is 0.0448. The number of hydrogen-bond donors (Lipinski definition) is 1. The molecule has 0 heterocycles. The first kappa shape index (κ1) is 24.2. The molecule has 8 nitrogen and oxygen atoms in total. The van der Waals surface area contributed by atoms with E-state index in [-0.39, 0.29) is 37.4 Å². The van der Waals surface area contributed by atoms with E-state index >= 15 is 0 Å². The Morgan fingerprint density at radius 1 is 0.903 bits per heavy atom. The van der Waals surface area contributed by atoms with Crippen molar-refractivity contribution in [1.82, 2.24) is 0 Å². The zero-order chi connectivity index (χ0) is 22.6. The van der Waals surface area contributed by atoms with Crippen LogP contribution < -0.4 is 14.2 Å². The fourth-order valence-electron chi connectivity index (χ4n) is 2.79. The molecule has 31 heavy (non-hydrogen) atoms. The van der Waals surface area contributed by atoms with Crippen LogP contribution in [0.2, 0.25) is 0 Å². The van der Waals surface area contributed by atoms with Gasteiger partial charge in [0.1, 0.15) is 28.6 Å². The quantitative estimate of drug-likeness (QED) is 0.290. The van der Waals surface area contributed by atoms with Crippen LogP contribution in [-0.4, -0.2) is 52.6 Å². The fraction of sp³-hybridized carbons (Fsp3) is 0.348. The second-order valence-corrected chi connectivity index (χ2v) is 6.35. The summed E-state index contributed by atoms with van der Waals surface area (Å²) in [7, 11) is 4.50. The normalized spacial score (nSPS) is 11.0. The lowest BCUT2D eigenvalue weighted by Gasteiger charge is -2.17. The van der Waals surface area contributed by atoms with Crippen molar-refractivity contribution in [2.24, 2.45) is 0 Å². The van der Waals surface area contributed by atoms with Gasteiger partial charge in [-0.25, -0.2) is 0 Å². The third kappa shape index (κ3) is 6.71. The molecule has 0 saturated carbocycles. The first-order valence-corrected chi connectivity index (χ1v) is 9.62. The zero-order valence-electron chi connectivity index (χ0n) is 18.2. The van der Waals surface area contributed by atoms with Crippen LogP contribution in [0.1, 0.15) is 28.4 Å². The number of ether oxygens (including phenoxy) is 6. The smallest absolute Gasteiger partial charge is 0.193 e. The molecule has 0 aliphatic carbocycles. The average molecular weight is 432 g/mol. The Hall–Kier alpha value is -3.07. The molecule has 0 saturated heterocycles. The second-order valence-electron chi connectivity index (χ2n) is 6.35. The summed E-state index contributed by atoms with van der Waals surface area (Å²) in [6.07, 6.45) is 3.46. The molecule has 168 valence electrons. The largest absolute Gasteiger partial charge is 0.507 e. The summed E-state index contributed by atoms with van der Waals surface area (Å²) >= 11 is 0. The van der Waals surface area contributed by atoms with Gasteiger partial charge in [0, 0.05) is 33.0 Å². The molecule has 0 amide bonds. The Balaban J connectivity index is 2.33. The van der Waals surface area contributed by atoms with Crippen LogP contribution >= 0.6 is 0 Å². The van der Waals surface area contributed by atoms with E-state index in [0.29, 0.717) is 23.5 Å². The standard InChI is InChI=1S/C23H28O8/c1-5-18-20(30-14-27-3)12-21(31-15-28-4)22(23(18)25)19(24)11-8-16-6-9-17(10-7-16)29-13-26-2/h6-12,25H,5,13-15H2,1-4H3/b11-8+. The Morgan fingerprint density at radius 3 is 2.06 bits per heavy atom. The number of hydrogen-bond acceptors (Lipinski definition) is 8. The Morgan fingerprint density at radius 2 is 1.48 bits per heavy atom. The molecule has 2 rings (SSSR count). The lowest BCUT2D eigenvalue weighted by Crippen LogP contribution is -2.09. The highest BCUT2D eigenvalue weighted by Gasteiger charge is 2.23. The molecule has 8 heteroatoms. The molecule has 0 unspecified atom stereocenters. The van der Waals surface area contributed by atoms with Crippen LogP contribution in [0.15, 0.2) is 36.4 Å². The van der Waals surface area contributed by atoms with Crippen molar-refractivity contribution in [3.05, 3.63) is 53.1 Å². The summed E-state index contributed by atoms with van der Waals surface area (Å²) in [4.78, 5) is 13.0. The minimum absolute atomic E-state index is 0.00650. The van der Waals surface area contributed by atoms with Gasteiger partial charge in [-0.3, -0.25) is 4.79 Å². The van der Waals surface area contributed by atoms with E-state index in [9.17, 15) is 9.90 Å². The molecule has 0 radical (unpaired) electrons. The highest BCUT2D eigenvalue weighted by atomic mass is 16.7. The van der Waals surface area contributed by atoms with Gasteiger partial charge in [-0.1, -0.05) is 25.1 Å². The summed E-state index contributed by atoms with van der Waals surface area (Å²) in [6.45, 7) is 1.90. The van der Waals surface area contributed by atoms with Crippen molar-refractivity contribution in [3.63, 3.8) is 0 Å². The fourth-order valence-corrected chi connectivity index (χ4v) is 2.79. The molecule has 0 aliphatic rings. The highest BCUT2D eigenvalue weighted by molar-refractivity contribution is 6.11. The van der Waals surface area contributed by atoms with Gasteiger partial charge in [-0.05, 0) is 30.2 Å². The average Bonchev–Trinajstić information content (AvgIpc) is 2.78. The molecule has 2 aromatic rings. The second kappa shape index (κ2) is 12.6. The first-order chi connectivity index (χ1) is 15.0. The Bertz CT molecular complexity index is 874. The number of rotatable bonds is 13. The number of carbonyl (C=O) groups excluding carboxylic acids is 1. The minimum Gasteiger partial charge on any atom is -0.507 e. The molecule has 0 atom stereocenters. The van der Waals surface area contributed by atoms with E-state index < -0.39 is 5.78 Å². The number of allylic oxidation sites excluding steroid dienone is 1. The summed E-state index contributed by atoms with van der Waals surface area (Å²) in [5.41, 5.74) is 1.31. The predicted octanol–water partition coefficient (Wildman–Crippen LogP) is 3.80. The zero-order valence-corrected chi connectivity index (χ0v) is 18.2. The third-order valence-corrected chi connectivity index (χ3v) is 4.24. The molecule has 0 fully saturated rings. The maximum Gasteiger partial charge on any atom is 0.193 e. The molecule has 0 bridgehead atoms. The summed E-state index contributed by atoms with van der Waals surface area (Å²) in [6, 6.07) is 8.70. The van der Waals surface area contributed by atoms with Gasteiger partial charge in [0.05, 0.1) is 0 Å². The van der Waals surface area contributed by atoms with Crippen LogP contribution in [0, 0.1) is 0 Å². The molecule has 0 aromatic heterocycles. The van der Waals surface area contributed by atoms with Crippen molar-refractivity contribution in [2.45, 2.75) is 13.3 Å². The predicted molar refractivity (Wildman–Crippen MR) is 115 cm³/mol. The van der Waals surface area contributed by atoms with Gasteiger partial charge in [0.25, 0.3) is 0 Å². The summed E-state index contributed by atoms with van der Waals surface area (Å²) in [5, 5.41) is 10.8. The molecular weight excluding hydrogens is 404 g/mol. The molecule has 1 N–H and O–H groups in total. The lowest BCUT2D eigenvalue weighted by atomic mass is 10.00. The van der Waals surface area contributed by atoms with Gasteiger partial charge < -0.3 is 33.5 Å². The number of phenols is 1. The number of ketones is 1. The van der Waals surface area contributed by atoms with Crippen molar-refractivity contribution >= 4 is 11.9 Å². The van der Waals surface area contributed by atoms with Crippen molar-refractivity contribution < 1.29 is 38.3 Å². The van der Waals surface area contributed by atoms with Crippen LogP contribution in [0.3, 0.4) is 0 Å². The van der Waals surface area contributed by atoms with Crippen molar-refractivity contribution in [2.75, 3.05) is 41.7 Å². The van der Waals surface area contributed by atoms with Crippen LogP contribution in [0.5, 0.6) is 23.0 Å². The topological polar surface area (TPSA) is 92.7 Å².